The van der Waals surface area contributed by atoms with Gasteiger partial charge in [-0.25, -0.2) is 8.78 Å². The van der Waals surface area contributed by atoms with Crippen LogP contribution in [0.15, 0.2) is 18.2 Å². The van der Waals surface area contributed by atoms with Crippen molar-refractivity contribution < 1.29 is 13.6 Å². The summed E-state index contributed by atoms with van der Waals surface area (Å²) in [5.41, 5.74) is 0.590. The van der Waals surface area contributed by atoms with Crippen molar-refractivity contribution in [3.05, 3.63) is 35.4 Å². The minimum Gasteiger partial charge on any atom is -0.299 e. The van der Waals surface area contributed by atoms with Gasteiger partial charge in [0.2, 0.25) is 0 Å². The zero-order valence-corrected chi connectivity index (χ0v) is 17.4. The van der Waals surface area contributed by atoms with E-state index in [1.54, 1.807) is 0 Å². The zero-order chi connectivity index (χ0) is 19.9. The summed E-state index contributed by atoms with van der Waals surface area (Å²) in [6.07, 6.45) is 15.6. The normalized spacial score (nSPS) is 28.2. The number of hydrogen-bond donors (Lipinski definition) is 0. The molecule has 0 atom stereocenters. The predicted molar refractivity (Wildman–Crippen MR) is 110 cm³/mol. The van der Waals surface area contributed by atoms with Gasteiger partial charge in [-0.2, -0.15) is 0 Å². The van der Waals surface area contributed by atoms with Crippen molar-refractivity contribution in [2.45, 2.75) is 90.4 Å². The summed E-state index contributed by atoms with van der Waals surface area (Å²) in [4.78, 5) is 12.6. The molecule has 0 spiro atoms. The molecule has 2 fully saturated rings. The smallest absolute Gasteiger partial charge is 0.159 e. The van der Waals surface area contributed by atoms with Crippen molar-refractivity contribution in [3.8, 4) is 0 Å². The third kappa shape index (κ3) is 5.87. The van der Waals surface area contributed by atoms with Crippen LogP contribution in [0.1, 0.15) is 89.5 Å². The van der Waals surface area contributed by atoms with Crippen molar-refractivity contribution in [3.63, 3.8) is 0 Å². The number of ketones is 1. The first-order valence-corrected chi connectivity index (χ1v) is 11.5. The Labute approximate surface area is 169 Å². The molecule has 2 aliphatic rings. The predicted octanol–water partition coefficient (Wildman–Crippen LogP) is 7.27. The maximum atomic E-state index is 13.4. The summed E-state index contributed by atoms with van der Waals surface area (Å²) in [5, 5.41) is 0. The van der Waals surface area contributed by atoms with E-state index in [2.05, 4.69) is 6.92 Å². The average molecular weight is 391 g/mol. The highest BCUT2D eigenvalue weighted by atomic mass is 19.2. The van der Waals surface area contributed by atoms with Crippen LogP contribution >= 0.6 is 0 Å². The maximum absolute atomic E-state index is 13.4. The molecule has 2 aliphatic carbocycles. The molecule has 0 radical (unpaired) electrons. The summed E-state index contributed by atoms with van der Waals surface area (Å²) >= 11 is 0. The highest BCUT2D eigenvalue weighted by molar-refractivity contribution is 5.83. The van der Waals surface area contributed by atoms with Gasteiger partial charge in [0.15, 0.2) is 11.6 Å². The standard InChI is InChI=1S/C25H36F2O/c1-2-3-4-5-18-6-9-20(10-7-18)21-11-13-22(14-12-21)25(28)17-19-8-15-23(26)24(27)16-19/h8,15-16,18,20-22H,2-7,9-14,17H2,1H3/t18-,20-,21?,22?. The van der Waals surface area contributed by atoms with Gasteiger partial charge in [-0.1, -0.05) is 51.5 Å². The van der Waals surface area contributed by atoms with Crippen molar-refractivity contribution >= 4 is 5.78 Å². The van der Waals surface area contributed by atoms with Gasteiger partial charge in [0.1, 0.15) is 5.78 Å². The third-order valence-corrected chi connectivity index (χ3v) is 7.36. The van der Waals surface area contributed by atoms with Crippen molar-refractivity contribution in [2.75, 3.05) is 0 Å². The first-order valence-electron chi connectivity index (χ1n) is 11.5. The summed E-state index contributed by atoms with van der Waals surface area (Å²) in [6.45, 7) is 2.27. The van der Waals surface area contributed by atoms with Crippen LogP contribution in [-0.4, -0.2) is 5.78 Å². The van der Waals surface area contributed by atoms with Gasteiger partial charge in [-0.15, -0.1) is 0 Å². The van der Waals surface area contributed by atoms with E-state index in [-0.39, 0.29) is 18.1 Å². The van der Waals surface area contributed by atoms with E-state index in [9.17, 15) is 13.6 Å². The number of hydrogen-bond acceptors (Lipinski definition) is 1. The van der Waals surface area contributed by atoms with Crippen molar-refractivity contribution in [2.24, 2.45) is 23.7 Å². The number of Topliss-reactive ketones (excluding diaryl/α,β-unsaturated/α-hetero) is 1. The van der Waals surface area contributed by atoms with Gasteiger partial charge < -0.3 is 0 Å². The summed E-state index contributed by atoms with van der Waals surface area (Å²) in [7, 11) is 0. The Bertz CT molecular complexity index is 625. The van der Waals surface area contributed by atoms with Gasteiger partial charge in [0.25, 0.3) is 0 Å². The molecule has 0 unspecified atom stereocenters. The molecule has 0 aromatic heterocycles. The second kappa shape index (κ2) is 10.5. The fourth-order valence-corrected chi connectivity index (χ4v) is 5.54. The third-order valence-electron chi connectivity index (χ3n) is 7.36. The molecule has 28 heavy (non-hydrogen) atoms. The lowest BCUT2D eigenvalue weighted by molar-refractivity contribution is -0.123. The number of benzene rings is 1. The molecule has 3 rings (SSSR count). The van der Waals surface area contributed by atoms with Crippen molar-refractivity contribution in [1.82, 2.24) is 0 Å². The second-order valence-electron chi connectivity index (χ2n) is 9.28. The fourth-order valence-electron chi connectivity index (χ4n) is 5.54. The van der Waals surface area contributed by atoms with Gasteiger partial charge in [-0.3, -0.25) is 4.79 Å². The summed E-state index contributed by atoms with van der Waals surface area (Å²) < 4.78 is 26.4. The molecule has 2 saturated carbocycles. The van der Waals surface area contributed by atoms with Crippen molar-refractivity contribution in [1.29, 1.82) is 0 Å². The molecule has 1 aromatic carbocycles. The first kappa shape index (κ1) is 21.5. The molecule has 0 bridgehead atoms. The monoisotopic (exact) mass is 390 g/mol. The molecular weight excluding hydrogens is 354 g/mol. The van der Waals surface area contributed by atoms with E-state index in [0.717, 1.165) is 42.7 Å². The summed E-state index contributed by atoms with van der Waals surface area (Å²) in [5.74, 6) is 1.21. The highest BCUT2D eigenvalue weighted by Gasteiger charge is 2.32. The number of rotatable bonds is 8. The summed E-state index contributed by atoms with van der Waals surface area (Å²) in [6, 6.07) is 3.81. The lowest BCUT2D eigenvalue weighted by Crippen LogP contribution is -2.29. The average Bonchev–Trinajstić information content (AvgIpc) is 2.72. The Morgan fingerprint density at radius 1 is 0.893 bits per heavy atom. The molecule has 0 heterocycles. The topological polar surface area (TPSA) is 17.1 Å². The molecule has 0 N–H and O–H groups in total. The van der Waals surface area contributed by atoms with E-state index in [0.29, 0.717) is 5.56 Å². The quantitative estimate of drug-likeness (QED) is 0.427. The van der Waals surface area contributed by atoms with Gasteiger partial charge in [-0.05, 0) is 74.0 Å². The van der Waals surface area contributed by atoms with E-state index in [4.69, 9.17) is 0 Å². The molecule has 156 valence electrons. The van der Waals surface area contributed by atoms with Crippen LogP contribution in [0.5, 0.6) is 0 Å². The molecule has 0 aliphatic heterocycles. The number of carbonyl (C=O) groups is 1. The fraction of sp³-hybridized carbons (Fsp3) is 0.720. The van der Waals surface area contributed by atoms with Crippen LogP contribution in [-0.2, 0) is 11.2 Å². The molecule has 0 amide bonds. The Kier molecular flexibility index (Phi) is 8.05. The molecule has 0 saturated heterocycles. The van der Waals surface area contributed by atoms with E-state index >= 15 is 0 Å². The van der Waals surface area contributed by atoms with Gasteiger partial charge in [0, 0.05) is 12.3 Å². The Hall–Kier alpha value is -1.25. The van der Waals surface area contributed by atoms with Crippen LogP contribution in [0, 0.1) is 35.3 Å². The van der Waals surface area contributed by atoms with E-state index in [1.807, 2.05) is 0 Å². The zero-order valence-electron chi connectivity index (χ0n) is 17.4. The van der Waals surface area contributed by atoms with E-state index < -0.39 is 11.6 Å². The molecular formula is C25H36F2O. The number of carbonyl (C=O) groups excluding carboxylic acids is 1. The van der Waals surface area contributed by atoms with Gasteiger partial charge >= 0.3 is 0 Å². The molecule has 1 aromatic rings. The number of halogens is 2. The Morgan fingerprint density at radius 2 is 1.54 bits per heavy atom. The Morgan fingerprint density at radius 3 is 2.14 bits per heavy atom. The van der Waals surface area contributed by atoms with Crippen LogP contribution in [0.3, 0.4) is 0 Å². The molecule has 3 heteroatoms. The minimum atomic E-state index is -0.862. The Balaban J connectivity index is 1.39. The maximum Gasteiger partial charge on any atom is 0.159 e. The van der Waals surface area contributed by atoms with E-state index in [1.165, 1.54) is 70.3 Å². The van der Waals surface area contributed by atoms with Gasteiger partial charge in [0.05, 0.1) is 0 Å². The van der Waals surface area contributed by atoms with Crippen LogP contribution in [0.4, 0.5) is 8.78 Å². The lowest BCUT2D eigenvalue weighted by Gasteiger charge is -2.37. The largest absolute Gasteiger partial charge is 0.299 e. The first-order chi connectivity index (χ1) is 13.6. The highest BCUT2D eigenvalue weighted by Crippen LogP contribution is 2.42. The van der Waals surface area contributed by atoms with Crippen LogP contribution in [0.25, 0.3) is 0 Å². The second-order valence-corrected chi connectivity index (χ2v) is 9.28. The lowest BCUT2D eigenvalue weighted by atomic mass is 9.68. The SMILES string of the molecule is CCCCC[C@H]1CC[C@H](C2CCC(C(=O)Cc3ccc(F)c(F)c3)CC2)CC1. The number of unbranched alkanes of at least 4 members (excludes halogenated alkanes) is 2. The molecule has 1 nitrogen and oxygen atoms in total. The minimum absolute atomic E-state index is 0.106. The van der Waals surface area contributed by atoms with Crippen LogP contribution in [0.2, 0.25) is 0 Å². The van der Waals surface area contributed by atoms with Crippen LogP contribution < -0.4 is 0 Å².